The Morgan fingerprint density at radius 2 is 1.30 bits per heavy atom. The molecular weight excluding hydrogens is 758 g/mol. The number of anilines is 2. The van der Waals surface area contributed by atoms with E-state index < -0.39 is 35.3 Å². The van der Waals surface area contributed by atoms with Gasteiger partial charge < -0.3 is 10.6 Å². The maximum Gasteiger partial charge on any atom is 0.417 e. The largest absolute Gasteiger partial charge is 0.417 e. The highest BCUT2D eigenvalue weighted by Gasteiger charge is 2.35. The van der Waals surface area contributed by atoms with Crippen molar-refractivity contribution in [3.63, 3.8) is 0 Å². The van der Waals surface area contributed by atoms with Crippen LogP contribution in [0.25, 0.3) is 33.8 Å². The third kappa shape index (κ3) is 6.99. The van der Waals surface area contributed by atoms with Gasteiger partial charge in [0.1, 0.15) is 17.8 Å². The fraction of sp³-hybridized carbons (Fsp3) is 0.108. The highest BCUT2D eigenvalue weighted by Crippen LogP contribution is 2.39. The fourth-order valence-electron chi connectivity index (χ4n) is 6.16. The van der Waals surface area contributed by atoms with Gasteiger partial charge in [-0.25, -0.2) is 29.0 Å². The van der Waals surface area contributed by atoms with Gasteiger partial charge in [-0.2, -0.15) is 41.6 Å². The number of fused-ring (bicyclic) bond motifs is 2. The van der Waals surface area contributed by atoms with Crippen LogP contribution in [0, 0.1) is 6.92 Å². The standard InChI is InChI=1S/C37H24F6N12O2/c1-20-15-25(21-7-2-4-9-23(21)36(38,39)40)50-54-28(17-45-32(20)54)35(57)49-31-11-6-14-53(52-31)27-16-26(22-8-3-5-10-24(22)37(41,42)43)51-55-29(18-46-33(27)55)34(56)48-30-12-13-44-19-47-30/h2-13,15-19H,14H2,1H3,(H,49,52,57)(H,44,47,48,56). The molecule has 57 heavy (non-hydrogen) atoms. The van der Waals surface area contributed by atoms with Crippen molar-refractivity contribution in [1.29, 1.82) is 0 Å². The lowest BCUT2D eigenvalue weighted by atomic mass is 10.0. The van der Waals surface area contributed by atoms with E-state index in [2.05, 4.69) is 45.9 Å². The number of hydrogen-bond donors (Lipinski definition) is 2. The van der Waals surface area contributed by atoms with E-state index in [1.807, 2.05) is 0 Å². The molecule has 20 heteroatoms. The molecule has 286 valence electrons. The van der Waals surface area contributed by atoms with E-state index in [1.165, 1.54) is 90.6 Å². The number of carbonyl (C=O) groups is 2. The Hall–Kier alpha value is -7.51. The summed E-state index contributed by atoms with van der Waals surface area (Å²) in [5.41, 5.74) is -2.04. The third-order valence-corrected chi connectivity index (χ3v) is 8.71. The van der Waals surface area contributed by atoms with E-state index in [9.17, 15) is 35.9 Å². The van der Waals surface area contributed by atoms with Crippen molar-refractivity contribution in [3.05, 3.63) is 132 Å². The van der Waals surface area contributed by atoms with Crippen LogP contribution >= 0.6 is 0 Å². The number of carbonyl (C=O) groups excluding carboxylic acids is 2. The van der Waals surface area contributed by atoms with E-state index in [0.717, 1.165) is 21.2 Å². The normalized spacial score (nSPS) is 13.2. The van der Waals surface area contributed by atoms with Crippen LogP contribution in [0.3, 0.4) is 0 Å². The van der Waals surface area contributed by atoms with Crippen LogP contribution in [-0.4, -0.2) is 63.4 Å². The Bertz CT molecular complexity index is 2780. The zero-order valence-electron chi connectivity index (χ0n) is 29.1. The summed E-state index contributed by atoms with van der Waals surface area (Å²) in [5, 5.41) is 19.8. The van der Waals surface area contributed by atoms with Crippen LogP contribution in [0.2, 0.25) is 0 Å². The SMILES string of the molecule is Cc1cc(-c2ccccc2C(F)(F)F)nn2c(C(=O)NC3=NN(c4cc(-c5ccccc5C(F)(F)F)nn5c(C(=O)Nc6ccncn6)cnc45)CC=C3)cnc12. The Kier molecular flexibility index (Phi) is 8.93. The fourth-order valence-corrected chi connectivity index (χ4v) is 6.16. The number of imidazole rings is 2. The van der Waals surface area contributed by atoms with Gasteiger partial charge >= 0.3 is 12.4 Å². The van der Waals surface area contributed by atoms with Crippen molar-refractivity contribution in [1.82, 2.24) is 44.5 Å². The highest BCUT2D eigenvalue weighted by molar-refractivity contribution is 6.10. The molecule has 0 saturated carbocycles. The molecule has 0 spiro atoms. The summed E-state index contributed by atoms with van der Waals surface area (Å²) in [4.78, 5) is 43.5. The average Bonchev–Trinajstić information content (AvgIpc) is 3.83. The lowest BCUT2D eigenvalue weighted by Crippen LogP contribution is -2.35. The molecule has 2 N–H and O–H groups in total. The number of nitrogens with one attached hydrogen (secondary N) is 2. The van der Waals surface area contributed by atoms with Gasteiger partial charge in [0.25, 0.3) is 11.8 Å². The molecule has 0 aliphatic carbocycles. The molecule has 0 bridgehead atoms. The monoisotopic (exact) mass is 782 g/mol. The zero-order chi connectivity index (χ0) is 40.1. The molecule has 0 unspecified atom stereocenters. The van der Waals surface area contributed by atoms with Crippen molar-refractivity contribution in [2.24, 2.45) is 5.10 Å². The summed E-state index contributed by atoms with van der Waals surface area (Å²) in [6.07, 6.45) is -1.32. The van der Waals surface area contributed by atoms with Crippen LogP contribution in [0.4, 0.5) is 37.8 Å². The van der Waals surface area contributed by atoms with Gasteiger partial charge in [0.2, 0.25) is 0 Å². The molecule has 7 aromatic rings. The van der Waals surface area contributed by atoms with Crippen LogP contribution in [0.1, 0.15) is 37.7 Å². The predicted octanol–water partition coefficient (Wildman–Crippen LogP) is 6.61. The summed E-state index contributed by atoms with van der Waals surface area (Å²) in [6.45, 7) is 1.67. The van der Waals surface area contributed by atoms with Gasteiger partial charge in [-0.05, 0) is 48.9 Å². The Balaban J connectivity index is 1.17. The third-order valence-electron chi connectivity index (χ3n) is 8.71. The molecule has 1 aliphatic heterocycles. The van der Waals surface area contributed by atoms with E-state index in [0.29, 0.717) is 5.56 Å². The second-order valence-electron chi connectivity index (χ2n) is 12.4. The molecular formula is C37H24F6N12O2. The second-order valence-corrected chi connectivity index (χ2v) is 12.4. The summed E-state index contributed by atoms with van der Waals surface area (Å²) < 4.78 is 86.5. The number of hydrazone groups is 1. The second kappa shape index (κ2) is 14.0. The minimum Gasteiger partial charge on any atom is -0.305 e. The zero-order valence-corrected chi connectivity index (χ0v) is 29.1. The molecule has 0 fully saturated rings. The van der Waals surface area contributed by atoms with Gasteiger partial charge in [0.15, 0.2) is 28.5 Å². The van der Waals surface area contributed by atoms with Gasteiger partial charge in [0.05, 0.1) is 41.5 Å². The molecule has 14 nitrogen and oxygen atoms in total. The first-order chi connectivity index (χ1) is 27.3. The molecule has 1 aliphatic rings. The molecule has 0 atom stereocenters. The molecule has 2 aromatic carbocycles. The van der Waals surface area contributed by atoms with E-state index in [4.69, 9.17) is 0 Å². The highest BCUT2D eigenvalue weighted by atomic mass is 19.4. The van der Waals surface area contributed by atoms with Crippen molar-refractivity contribution >= 4 is 40.4 Å². The lowest BCUT2D eigenvalue weighted by molar-refractivity contribution is -0.137. The van der Waals surface area contributed by atoms with Crippen LogP contribution in [0.5, 0.6) is 0 Å². The quantitative estimate of drug-likeness (QED) is 0.177. The Labute approximate surface area is 316 Å². The molecule has 8 rings (SSSR count). The van der Waals surface area contributed by atoms with E-state index >= 15 is 0 Å². The Morgan fingerprint density at radius 3 is 1.91 bits per heavy atom. The molecule has 0 radical (unpaired) electrons. The number of hydrogen-bond acceptors (Lipinski definition) is 10. The molecule has 6 heterocycles. The van der Waals surface area contributed by atoms with Crippen molar-refractivity contribution in [3.8, 4) is 22.5 Å². The smallest absolute Gasteiger partial charge is 0.305 e. The van der Waals surface area contributed by atoms with Crippen LogP contribution in [0.15, 0.2) is 109 Å². The first kappa shape index (κ1) is 36.5. The van der Waals surface area contributed by atoms with Crippen molar-refractivity contribution in [2.45, 2.75) is 19.3 Å². The summed E-state index contributed by atoms with van der Waals surface area (Å²) in [7, 11) is 0. The number of halogens is 6. The first-order valence-electron chi connectivity index (χ1n) is 16.7. The number of benzene rings is 2. The number of rotatable bonds is 6. The molecule has 2 amide bonds. The van der Waals surface area contributed by atoms with Crippen molar-refractivity contribution in [2.75, 3.05) is 16.9 Å². The number of aromatic nitrogens is 8. The Morgan fingerprint density at radius 1 is 0.719 bits per heavy atom. The molecule has 0 saturated heterocycles. The maximum absolute atomic E-state index is 14.2. The van der Waals surface area contributed by atoms with Gasteiger partial charge in [-0.3, -0.25) is 14.6 Å². The molecule has 5 aromatic heterocycles. The van der Waals surface area contributed by atoms with E-state index in [1.54, 1.807) is 13.0 Å². The lowest BCUT2D eigenvalue weighted by Gasteiger charge is -2.23. The number of amides is 2. The number of nitrogens with zero attached hydrogens (tertiary/aromatic N) is 10. The van der Waals surface area contributed by atoms with E-state index in [-0.39, 0.29) is 69.1 Å². The number of aryl methyl sites for hydroxylation is 1. The van der Waals surface area contributed by atoms with Crippen LogP contribution in [-0.2, 0) is 12.4 Å². The van der Waals surface area contributed by atoms with Crippen LogP contribution < -0.4 is 15.6 Å². The van der Waals surface area contributed by atoms with Crippen molar-refractivity contribution < 1.29 is 35.9 Å². The average molecular weight is 783 g/mol. The van der Waals surface area contributed by atoms with Gasteiger partial charge in [0, 0.05) is 17.3 Å². The summed E-state index contributed by atoms with van der Waals surface area (Å²) >= 11 is 0. The van der Waals surface area contributed by atoms with Gasteiger partial charge in [-0.1, -0.05) is 42.5 Å². The topological polar surface area (TPSA) is 160 Å². The minimum atomic E-state index is -4.76. The maximum atomic E-state index is 14.2. The minimum absolute atomic E-state index is 0.0306. The first-order valence-corrected chi connectivity index (χ1v) is 16.7. The van der Waals surface area contributed by atoms with Gasteiger partial charge in [-0.15, -0.1) is 0 Å². The summed E-state index contributed by atoms with van der Waals surface area (Å²) in [5.74, 6) is -1.38. The number of alkyl halides is 6. The predicted molar refractivity (Wildman–Crippen MR) is 193 cm³/mol. The summed E-state index contributed by atoms with van der Waals surface area (Å²) in [6, 6.07) is 13.9. The number of amidine groups is 1.